The van der Waals surface area contributed by atoms with Crippen molar-refractivity contribution in [3.63, 3.8) is 0 Å². The van der Waals surface area contributed by atoms with E-state index in [-0.39, 0.29) is 18.6 Å². The summed E-state index contributed by atoms with van der Waals surface area (Å²) in [5.41, 5.74) is 2.09. The molecular formula is C18H17ClN2O3. The predicted octanol–water partition coefficient (Wildman–Crippen LogP) is 4.05. The lowest BCUT2D eigenvalue weighted by Gasteiger charge is -2.12. The number of nitrogens with one attached hydrogen (secondary N) is 1. The highest BCUT2D eigenvalue weighted by atomic mass is 35.5. The van der Waals surface area contributed by atoms with Crippen molar-refractivity contribution in [1.29, 1.82) is 0 Å². The first-order valence-corrected chi connectivity index (χ1v) is 7.98. The molecule has 0 fully saturated rings. The van der Waals surface area contributed by atoms with Crippen LogP contribution in [0.2, 0.25) is 5.02 Å². The number of rotatable bonds is 5. The van der Waals surface area contributed by atoms with Gasteiger partial charge in [-0.3, -0.25) is 4.79 Å². The third kappa shape index (κ3) is 3.68. The number of hydrogen-bond acceptors (Lipinski definition) is 4. The number of nitrogens with zero attached hydrogens (tertiary/aromatic N) is 1. The molecule has 2 aromatic carbocycles. The Morgan fingerprint density at radius 1 is 1.29 bits per heavy atom. The summed E-state index contributed by atoms with van der Waals surface area (Å²) in [6.45, 7) is 3.67. The van der Waals surface area contributed by atoms with Crippen molar-refractivity contribution in [2.75, 3.05) is 6.61 Å². The highest BCUT2D eigenvalue weighted by Crippen LogP contribution is 2.33. The molecule has 0 aliphatic carbocycles. The van der Waals surface area contributed by atoms with Crippen LogP contribution in [0.15, 0.2) is 46.9 Å². The molecule has 0 aliphatic rings. The molecule has 0 aliphatic heterocycles. The van der Waals surface area contributed by atoms with E-state index in [0.29, 0.717) is 27.8 Å². The normalized spacial score (nSPS) is 11.0. The third-order valence-corrected chi connectivity index (χ3v) is 3.51. The zero-order valence-electron chi connectivity index (χ0n) is 13.4. The van der Waals surface area contributed by atoms with E-state index >= 15 is 0 Å². The van der Waals surface area contributed by atoms with Gasteiger partial charge in [0.2, 0.25) is 5.89 Å². The molecule has 1 aromatic heterocycles. The summed E-state index contributed by atoms with van der Waals surface area (Å²) in [5, 5.41) is 3.28. The second kappa shape index (κ2) is 6.93. The summed E-state index contributed by atoms with van der Waals surface area (Å²) in [6, 6.07) is 12.7. The van der Waals surface area contributed by atoms with E-state index in [1.807, 2.05) is 38.1 Å². The van der Waals surface area contributed by atoms with Crippen molar-refractivity contribution in [2.45, 2.75) is 19.9 Å². The smallest absolute Gasteiger partial charge is 0.258 e. The summed E-state index contributed by atoms with van der Waals surface area (Å²) in [7, 11) is 0. The molecule has 0 saturated heterocycles. The van der Waals surface area contributed by atoms with Gasteiger partial charge in [-0.15, -0.1) is 0 Å². The van der Waals surface area contributed by atoms with Crippen molar-refractivity contribution in [3.05, 3.63) is 47.5 Å². The van der Waals surface area contributed by atoms with Crippen LogP contribution >= 0.6 is 11.6 Å². The molecule has 0 unspecified atom stereocenters. The highest BCUT2D eigenvalue weighted by Gasteiger charge is 2.15. The summed E-state index contributed by atoms with van der Waals surface area (Å²) in [4.78, 5) is 16.3. The van der Waals surface area contributed by atoms with Gasteiger partial charge in [0.05, 0.1) is 5.56 Å². The van der Waals surface area contributed by atoms with Crippen molar-refractivity contribution in [1.82, 2.24) is 10.3 Å². The van der Waals surface area contributed by atoms with Crippen LogP contribution in [0.1, 0.15) is 13.8 Å². The Bertz CT molecular complexity index is 841. The minimum Gasteiger partial charge on any atom is -0.483 e. The zero-order chi connectivity index (χ0) is 17.1. The second-order valence-electron chi connectivity index (χ2n) is 5.64. The third-order valence-electron chi connectivity index (χ3n) is 3.28. The maximum atomic E-state index is 11.8. The average molecular weight is 345 g/mol. The van der Waals surface area contributed by atoms with E-state index in [1.54, 1.807) is 18.2 Å². The van der Waals surface area contributed by atoms with Gasteiger partial charge in [0, 0.05) is 11.1 Å². The number of carbonyl (C=O) groups is 1. The van der Waals surface area contributed by atoms with Crippen LogP contribution in [0.3, 0.4) is 0 Å². The van der Waals surface area contributed by atoms with E-state index in [1.165, 1.54) is 0 Å². The van der Waals surface area contributed by atoms with E-state index in [2.05, 4.69) is 10.3 Å². The molecule has 0 atom stereocenters. The first-order chi connectivity index (χ1) is 11.5. The van der Waals surface area contributed by atoms with E-state index < -0.39 is 0 Å². The Hall–Kier alpha value is -2.53. The first kappa shape index (κ1) is 16.3. The lowest BCUT2D eigenvalue weighted by Crippen LogP contribution is -2.34. The van der Waals surface area contributed by atoms with Gasteiger partial charge in [-0.2, -0.15) is 0 Å². The number of fused-ring (bicyclic) bond motifs is 1. The van der Waals surface area contributed by atoms with Gasteiger partial charge < -0.3 is 14.5 Å². The van der Waals surface area contributed by atoms with Crippen molar-refractivity contribution in [3.8, 4) is 17.2 Å². The van der Waals surface area contributed by atoms with Gasteiger partial charge in [-0.25, -0.2) is 4.98 Å². The lowest BCUT2D eigenvalue weighted by atomic mass is 10.2. The average Bonchev–Trinajstić information content (AvgIpc) is 2.96. The molecule has 0 bridgehead atoms. The largest absolute Gasteiger partial charge is 0.483 e. The molecule has 6 heteroatoms. The Balaban J connectivity index is 1.89. The number of benzene rings is 2. The fourth-order valence-electron chi connectivity index (χ4n) is 2.29. The first-order valence-electron chi connectivity index (χ1n) is 7.60. The van der Waals surface area contributed by atoms with Crippen LogP contribution in [-0.2, 0) is 4.79 Å². The van der Waals surface area contributed by atoms with E-state index in [0.717, 1.165) is 5.52 Å². The SMILES string of the molecule is CC(C)NC(=O)COc1cc(Cl)ccc1-c1nc2ccccc2o1. The maximum Gasteiger partial charge on any atom is 0.258 e. The number of oxazole rings is 1. The molecule has 3 rings (SSSR count). The number of halogens is 1. The Labute approximate surface area is 144 Å². The van der Waals surface area contributed by atoms with Crippen LogP contribution in [-0.4, -0.2) is 23.5 Å². The zero-order valence-corrected chi connectivity index (χ0v) is 14.1. The van der Waals surface area contributed by atoms with Gasteiger partial charge >= 0.3 is 0 Å². The van der Waals surface area contributed by atoms with Gasteiger partial charge in [0.1, 0.15) is 11.3 Å². The maximum absolute atomic E-state index is 11.8. The van der Waals surface area contributed by atoms with Crippen molar-refractivity contribution >= 4 is 28.6 Å². The summed E-state index contributed by atoms with van der Waals surface area (Å²) >= 11 is 6.05. The fraction of sp³-hybridized carbons (Fsp3) is 0.222. The van der Waals surface area contributed by atoms with Crippen molar-refractivity contribution in [2.24, 2.45) is 0 Å². The Kier molecular flexibility index (Phi) is 4.71. The number of ether oxygens (including phenoxy) is 1. The summed E-state index contributed by atoms with van der Waals surface area (Å²) in [6.07, 6.45) is 0. The standard InChI is InChI=1S/C18H17ClN2O3/c1-11(2)20-17(22)10-23-16-9-12(19)7-8-13(16)18-21-14-5-3-4-6-15(14)24-18/h3-9,11H,10H2,1-2H3,(H,20,22). The monoisotopic (exact) mass is 344 g/mol. The minimum absolute atomic E-state index is 0.0528. The van der Waals surface area contributed by atoms with Crippen molar-refractivity contribution < 1.29 is 13.9 Å². The molecule has 5 nitrogen and oxygen atoms in total. The molecule has 0 saturated carbocycles. The topological polar surface area (TPSA) is 64.4 Å². The molecular weight excluding hydrogens is 328 g/mol. The molecule has 0 spiro atoms. The molecule has 1 N–H and O–H groups in total. The van der Waals surface area contributed by atoms with Crippen LogP contribution < -0.4 is 10.1 Å². The number of amides is 1. The highest BCUT2D eigenvalue weighted by molar-refractivity contribution is 6.30. The number of carbonyl (C=O) groups excluding carboxylic acids is 1. The van der Waals surface area contributed by atoms with E-state index in [9.17, 15) is 4.79 Å². The molecule has 0 radical (unpaired) electrons. The van der Waals surface area contributed by atoms with Crippen LogP contribution in [0.4, 0.5) is 0 Å². The molecule has 1 heterocycles. The quantitative estimate of drug-likeness (QED) is 0.758. The van der Waals surface area contributed by atoms with Gasteiger partial charge in [-0.05, 0) is 44.2 Å². The summed E-state index contributed by atoms with van der Waals surface area (Å²) < 4.78 is 11.4. The Morgan fingerprint density at radius 2 is 2.08 bits per heavy atom. The lowest BCUT2D eigenvalue weighted by molar-refractivity contribution is -0.123. The fourth-order valence-corrected chi connectivity index (χ4v) is 2.45. The number of hydrogen-bond donors (Lipinski definition) is 1. The molecule has 3 aromatic rings. The minimum atomic E-state index is -0.200. The van der Waals surface area contributed by atoms with Gasteiger partial charge in [0.15, 0.2) is 12.2 Å². The van der Waals surface area contributed by atoms with Gasteiger partial charge in [0.25, 0.3) is 5.91 Å². The number of para-hydroxylation sites is 2. The second-order valence-corrected chi connectivity index (χ2v) is 6.07. The summed E-state index contributed by atoms with van der Waals surface area (Å²) in [5.74, 6) is 0.675. The number of aromatic nitrogens is 1. The Morgan fingerprint density at radius 3 is 2.83 bits per heavy atom. The molecule has 24 heavy (non-hydrogen) atoms. The van der Waals surface area contributed by atoms with E-state index in [4.69, 9.17) is 20.8 Å². The van der Waals surface area contributed by atoms with Crippen LogP contribution in [0, 0.1) is 0 Å². The van der Waals surface area contributed by atoms with Crippen LogP contribution in [0.25, 0.3) is 22.6 Å². The van der Waals surface area contributed by atoms with Crippen LogP contribution in [0.5, 0.6) is 5.75 Å². The molecule has 1 amide bonds. The molecule has 124 valence electrons. The van der Waals surface area contributed by atoms with Gasteiger partial charge in [-0.1, -0.05) is 23.7 Å². The predicted molar refractivity (Wildman–Crippen MR) is 93.2 cm³/mol.